The van der Waals surface area contributed by atoms with Gasteiger partial charge in [0.1, 0.15) is 5.60 Å². The number of carbonyl (C=O) groups excluding carboxylic acids is 1. The quantitative estimate of drug-likeness (QED) is 0.685. The largest absolute Gasteiger partial charge is 0.459 e. The van der Waals surface area contributed by atoms with E-state index >= 15 is 0 Å². The number of hydrogen-bond acceptors (Lipinski definition) is 2. The fraction of sp³-hybridized carbons (Fsp3) is 0.929. The molecule has 2 nitrogen and oxygen atoms in total. The molecule has 0 aromatic heterocycles. The minimum absolute atomic E-state index is 0.00113. The fourth-order valence-corrected chi connectivity index (χ4v) is 3.47. The molecule has 4 unspecified atom stereocenters. The molecule has 2 bridgehead atoms. The normalized spacial score (nSPS) is 43.4. The minimum atomic E-state index is -0.198. The number of carbonyl (C=O) groups is 1. The summed E-state index contributed by atoms with van der Waals surface area (Å²) in [7, 11) is 0. The Kier molecular flexibility index (Phi) is 2.80. The van der Waals surface area contributed by atoms with Crippen LogP contribution in [0.1, 0.15) is 59.8 Å². The predicted octanol–water partition coefficient (Wildman–Crippen LogP) is 3.54. The molecular weight excluding hydrogens is 200 g/mol. The summed E-state index contributed by atoms with van der Waals surface area (Å²) in [4.78, 5) is 11.9. The van der Waals surface area contributed by atoms with Crippen LogP contribution in [-0.2, 0) is 9.53 Å². The summed E-state index contributed by atoms with van der Waals surface area (Å²) >= 11 is 0. The standard InChI is InChI=1S/C14H24O2/c1-5-10(2)12(15)16-14(4)9-11-6-7-13(14,3)8-11/h10-11H,5-9H2,1-4H3. The monoisotopic (exact) mass is 224 g/mol. The summed E-state index contributed by atoms with van der Waals surface area (Å²) in [6.45, 7) is 8.44. The van der Waals surface area contributed by atoms with Crippen LogP contribution in [0, 0.1) is 17.3 Å². The van der Waals surface area contributed by atoms with Crippen LogP contribution in [0.5, 0.6) is 0 Å². The second-order valence-electron chi connectivity index (χ2n) is 6.33. The van der Waals surface area contributed by atoms with E-state index in [4.69, 9.17) is 4.74 Å². The highest BCUT2D eigenvalue weighted by molar-refractivity contribution is 5.72. The average Bonchev–Trinajstić information content (AvgIpc) is 2.69. The van der Waals surface area contributed by atoms with E-state index in [9.17, 15) is 4.79 Å². The SMILES string of the molecule is CCC(C)C(=O)OC1(C)CC2CCC1(C)C2. The molecule has 2 aliphatic rings. The number of esters is 1. The zero-order valence-electron chi connectivity index (χ0n) is 11.0. The van der Waals surface area contributed by atoms with Crippen molar-refractivity contribution >= 4 is 5.97 Å². The molecule has 0 spiro atoms. The molecule has 2 rings (SSSR count). The molecule has 0 amide bonds. The van der Waals surface area contributed by atoms with Gasteiger partial charge in [-0.2, -0.15) is 0 Å². The van der Waals surface area contributed by atoms with Crippen molar-refractivity contribution in [3.05, 3.63) is 0 Å². The Morgan fingerprint density at radius 1 is 1.44 bits per heavy atom. The van der Waals surface area contributed by atoms with Crippen LogP contribution < -0.4 is 0 Å². The molecule has 0 saturated heterocycles. The van der Waals surface area contributed by atoms with Crippen molar-refractivity contribution in [2.45, 2.75) is 65.4 Å². The number of hydrogen-bond donors (Lipinski definition) is 0. The fourth-order valence-electron chi connectivity index (χ4n) is 3.47. The van der Waals surface area contributed by atoms with E-state index in [0.29, 0.717) is 0 Å². The second kappa shape index (κ2) is 3.75. The molecule has 0 aromatic carbocycles. The van der Waals surface area contributed by atoms with Crippen molar-refractivity contribution in [1.82, 2.24) is 0 Å². The molecule has 0 aliphatic heterocycles. The maximum absolute atomic E-state index is 11.9. The predicted molar refractivity (Wildman–Crippen MR) is 64.0 cm³/mol. The van der Waals surface area contributed by atoms with Gasteiger partial charge in [-0.1, -0.05) is 20.8 Å². The van der Waals surface area contributed by atoms with Gasteiger partial charge in [-0.25, -0.2) is 0 Å². The third kappa shape index (κ3) is 1.66. The van der Waals surface area contributed by atoms with E-state index in [1.165, 1.54) is 19.3 Å². The lowest BCUT2D eigenvalue weighted by Crippen LogP contribution is -2.45. The van der Waals surface area contributed by atoms with Crippen LogP contribution in [0.2, 0.25) is 0 Å². The zero-order chi connectivity index (χ0) is 12.0. The van der Waals surface area contributed by atoms with Crippen molar-refractivity contribution in [3.63, 3.8) is 0 Å². The lowest BCUT2D eigenvalue weighted by Gasteiger charge is -2.41. The second-order valence-corrected chi connectivity index (χ2v) is 6.33. The maximum Gasteiger partial charge on any atom is 0.309 e. The van der Waals surface area contributed by atoms with Gasteiger partial charge >= 0.3 is 5.97 Å². The Balaban J connectivity index is 2.07. The lowest BCUT2D eigenvalue weighted by atomic mass is 9.73. The molecule has 0 heterocycles. The Hall–Kier alpha value is -0.530. The average molecular weight is 224 g/mol. The molecule has 0 aromatic rings. The van der Waals surface area contributed by atoms with E-state index in [2.05, 4.69) is 13.8 Å². The van der Waals surface area contributed by atoms with Crippen molar-refractivity contribution < 1.29 is 9.53 Å². The first-order chi connectivity index (χ1) is 7.40. The molecule has 0 radical (unpaired) electrons. The molecule has 4 atom stereocenters. The molecule has 2 fully saturated rings. The van der Waals surface area contributed by atoms with Crippen LogP contribution in [0.4, 0.5) is 0 Å². The molecule has 92 valence electrons. The molecule has 2 heteroatoms. The number of fused-ring (bicyclic) bond motifs is 2. The third-order valence-electron chi connectivity index (χ3n) is 5.14. The van der Waals surface area contributed by atoms with E-state index in [1.54, 1.807) is 0 Å². The minimum Gasteiger partial charge on any atom is -0.459 e. The van der Waals surface area contributed by atoms with E-state index in [-0.39, 0.29) is 22.9 Å². The van der Waals surface area contributed by atoms with Gasteiger partial charge in [-0.15, -0.1) is 0 Å². The van der Waals surface area contributed by atoms with Gasteiger partial charge in [0, 0.05) is 5.41 Å². The van der Waals surface area contributed by atoms with Gasteiger partial charge in [-0.05, 0) is 44.9 Å². The first-order valence-electron chi connectivity index (χ1n) is 6.63. The summed E-state index contributed by atoms with van der Waals surface area (Å²) in [6.07, 6.45) is 5.74. The summed E-state index contributed by atoms with van der Waals surface area (Å²) in [5.41, 5.74) is 0.0389. The number of ether oxygens (including phenoxy) is 1. The highest BCUT2D eigenvalue weighted by Gasteiger charge is 2.58. The molecule has 0 N–H and O–H groups in total. The molecular formula is C14H24O2. The smallest absolute Gasteiger partial charge is 0.309 e. The van der Waals surface area contributed by atoms with Crippen molar-refractivity contribution in [2.24, 2.45) is 17.3 Å². The van der Waals surface area contributed by atoms with E-state index in [1.807, 2.05) is 13.8 Å². The summed E-state index contributed by atoms with van der Waals surface area (Å²) in [5.74, 6) is 0.832. The Labute approximate surface area is 98.7 Å². The van der Waals surface area contributed by atoms with Gasteiger partial charge in [0.2, 0.25) is 0 Å². The summed E-state index contributed by atoms with van der Waals surface area (Å²) < 4.78 is 5.85. The Morgan fingerprint density at radius 3 is 2.56 bits per heavy atom. The highest BCUT2D eigenvalue weighted by Crippen LogP contribution is 2.60. The van der Waals surface area contributed by atoms with Crippen LogP contribution in [-0.4, -0.2) is 11.6 Å². The molecule has 2 saturated carbocycles. The summed E-state index contributed by atoms with van der Waals surface area (Å²) in [5, 5.41) is 0. The van der Waals surface area contributed by atoms with Gasteiger partial charge in [-0.3, -0.25) is 4.79 Å². The van der Waals surface area contributed by atoms with Crippen molar-refractivity contribution in [3.8, 4) is 0 Å². The zero-order valence-corrected chi connectivity index (χ0v) is 11.0. The highest BCUT2D eigenvalue weighted by atomic mass is 16.6. The van der Waals surface area contributed by atoms with Gasteiger partial charge in [0.15, 0.2) is 0 Å². The molecule has 2 aliphatic carbocycles. The maximum atomic E-state index is 11.9. The van der Waals surface area contributed by atoms with Crippen molar-refractivity contribution in [2.75, 3.05) is 0 Å². The first kappa shape index (κ1) is 11.9. The summed E-state index contributed by atoms with van der Waals surface area (Å²) in [6, 6.07) is 0. The van der Waals surface area contributed by atoms with Crippen LogP contribution in [0.3, 0.4) is 0 Å². The van der Waals surface area contributed by atoms with Gasteiger partial charge in [0.25, 0.3) is 0 Å². The lowest BCUT2D eigenvalue weighted by molar-refractivity contribution is -0.175. The van der Waals surface area contributed by atoms with Crippen LogP contribution in [0.25, 0.3) is 0 Å². The van der Waals surface area contributed by atoms with E-state index < -0.39 is 0 Å². The third-order valence-corrected chi connectivity index (χ3v) is 5.14. The van der Waals surface area contributed by atoms with Crippen LogP contribution >= 0.6 is 0 Å². The van der Waals surface area contributed by atoms with Gasteiger partial charge < -0.3 is 4.74 Å². The Morgan fingerprint density at radius 2 is 2.12 bits per heavy atom. The Bertz CT molecular complexity index is 299. The topological polar surface area (TPSA) is 26.3 Å². The molecule has 16 heavy (non-hydrogen) atoms. The van der Waals surface area contributed by atoms with Crippen LogP contribution in [0.15, 0.2) is 0 Å². The van der Waals surface area contributed by atoms with E-state index in [0.717, 1.165) is 18.8 Å². The number of rotatable bonds is 3. The first-order valence-corrected chi connectivity index (χ1v) is 6.63. The van der Waals surface area contributed by atoms with Crippen molar-refractivity contribution in [1.29, 1.82) is 0 Å². The van der Waals surface area contributed by atoms with Gasteiger partial charge in [0.05, 0.1) is 5.92 Å².